The minimum absolute atomic E-state index is 0.00354. The Balaban J connectivity index is 1.55. The first-order valence-electron chi connectivity index (χ1n) is 9.11. The number of benzene rings is 2. The van der Waals surface area contributed by atoms with Crippen molar-refractivity contribution in [3.8, 4) is 5.69 Å². The third kappa shape index (κ3) is 4.49. The van der Waals surface area contributed by atoms with Crippen LogP contribution in [0, 0.1) is 12.7 Å². The van der Waals surface area contributed by atoms with Gasteiger partial charge in [-0.05, 0) is 54.8 Å². The SMILES string of the molecule is Cc1ccc(NS(=O)(=O)c2ccsc2C(=O)Nc2ccc(-n3cccn3)c(F)c2)cc1. The lowest BCUT2D eigenvalue weighted by atomic mass is 10.2. The zero-order valence-corrected chi connectivity index (χ0v) is 17.9. The van der Waals surface area contributed by atoms with Crippen molar-refractivity contribution in [1.29, 1.82) is 0 Å². The standard InChI is InChI=1S/C21H17FN4O3S2/c1-14-3-5-15(6-4-14)25-31(28,29)19-9-12-30-20(19)21(27)24-16-7-8-18(17(22)13-16)26-11-2-10-23-26/h2-13,25H,1H3,(H,24,27). The topological polar surface area (TPSA) is 93.1 Å². The Morgan fingerprint density at radius 3 is 2.52 bits per heavy atom. The molecule has 0 unspecified atom stereocenters. The van der Waals surface area contributed by atoms with Crippen molar-refractivity contribution in [3.05, 3.63) is 88.6 Å². The predicted molar refractivity (Wildman–Crippen MR) is 118 cm³/mol. The van der Waals surface area contributed by atoms with Crippen LogP contribution in [0.3, 0.4) is 0 Å². The van der Waals surface area contributed by atoms with Crippen LogP contribution < -0.4 is 10.0 Å². The normalized spacial score (nSPS) is 11.3. The van der Waals surface area contributed by atoms with E-state index < -0.39 is 21.7 Å². The lowest BCUT2D eigenvalue weighted by molar-refractivity contribution is 0.102. The summed E-state index contributed by atoms with van der Waals surface area (Å²) in [5, 5.41) is 8.04. The Morgan fingerprint density at radius 2 is 1.84 bits per heavy atom. The van der Waals surface area contributed by atoms with Crippen LogP contribution >= 0.6 is 11.3 Å². The predicted octanol–water partition coefficient (Wildman–Crippen LogP) is 4.43. The summed E-state index contributed by atoms with van der Waals surface area (Å²) in [5.41, 5.74) is 1.80. The largest absolute Gasteiger partial charge is 0.321 e. The van der Waals surface area contributed by atoms with Gasteiger partial charge in [0, 0.05) is 23.8 Å². The molecule has 0 spiro atoms. The summed E-state index contributed by atoms with van der Waals surface area (Å²) < 4.78 is 43.9. The zero-order valence-electron chi connectivity index (χ0n) is 16.2. The highest BCUT2D eigenvalue weighted by atomic mass is 32.2. The summed E-state index contributed by atoms with van der Waals surface area (Å²) in [6.45, 7) is 1.89. The minimum Gasteiger partial charge on any atom is -0.321 e. The molecular weight excluding hydrogens is 439 g/mol. The number of hydrogen-bond acceptors (Lipinski definition) is 5. The second-order valence-electron chi connectivity index (χ2n) is 6.66. The number of amides is 1. The molecule has 158 valence electrons. The Morgan fingerprint density at radius 1 is 1.10 bits per heavy atom. The monoisotopic (exact) mass is 456 g/mol. The number of carbonyl (C=O) groups excluding carboxylic acids is 1. The van der Waals surface area contributed by atoms with E-state index in [1.165, 1.54) is 34.5 Å². The van der Waals surface area contributed by atoms with Gasteiger partial charge in [0.1, 0.15) is 15.5 Å². The lowest BCUT2D eigenvalue weighted by Gasteiger charge is -2.10. The number of aryl methyl sites for hydroxylation is 1. The lowest BCUT2D eigenvalue weighted by Crippen LogP contribution is -2.18. The van der Waals surface area contributed by atoms with Crippen LogP contribution in [0.1, 0.15) is 15.2 Å². The zero-order chi connectivity index (χ0) is 22.0. The average molecular weight is 457 g/mol. The van der Waals surface area contributed by atoms with Gasteiger partial charge in [-0.2, -0.15) is 5.10 Å². The number of anilines is 2. The van der Waals surface area contributed by atoms with E-state index in [0.717, 1.165) is 23.0 Å². The fourth-order valence-electron chi connectivity index (χ4n) is 2.88. The molecule has 4 aromatic rings. The van der Waals surface area contributed by atoms with Gasteiger partial charge in [-0.1, -0.05) is 17.7 Å². The highest BCUT2D eigenvalue weighted by Gasteiger charge is 2.24. The van der Waals surface area contributed by atoms with E-state index in [1.807, 2.05) is 6.92 Å². The van der Waals surface area contributed by atoms with Crippen molar-refractivity contribution in [2.45, 2.75) is 11.8 Å². The Kier molecular flexibility index (Phi) is 5.57. The average Bonchev–Trinajstić information content (AvgIpc) is 3.42. The van der Waals surface area contributed by atoms with Gasteiger partial charge in [0.2, 0.25) is 0 Å². The number of thiophene rings is 1. The van der Waals surface area contributed by atoms with Crippen LogP contribution in [0.15, 0.2) is 77.3 Å². The fourth-order valence-corrected chi connectivity index (χ4v) is 5.26. The highest BCUT2D eigenvalue weighted by Crippen LogP contribution is 2.26. The maximum atomic E-state index is 14.4. The summed E-state index contributed by atoms with van der Waals surface area (Å²) in [5.74, 6) is -1.23. The number of nitrogens with one attached hydrogen (secondary N) is 2. The molecule has 2 aromatic carbocycles. The first-order chi connectivity index (χ1) is 14.8. The quantitative estimate of drug-likeness (QED) is 0.449. The van der Waals surface area contributed by atoms with Gasteiger partial charge in [-0.3, -0.25) is 9.52 Å². The van der Waals surface area contributed by atoms with Crippen LogP contribution in [0.5, 0.6) is 0 Å². The molecule has 2 aromatic heterocycles. The summed E-state index contributed by atoms with van der Waals surface area (Å²) in [7, 11) is -3.98. The molecule has 0 saturated carbocycles. The Hall–Kier alpha value is -3.50. The summed E-state index contributed by atoms with van der Waals surface area (Å²) >= 11 is 0.983. The van der Waals surface area contributed by atoms with Gasteiger partial charge in [-0.25, -0.2) is 17.5 Å². The molecule has 7 nitrogen and oxygen atoms in total. The summed E-state index contributed by atoms with van der Waals surface area (Å²) in [4.78, 5) is 12.6. The first-order valence-corrected chi connectivity index (χ1v) is 11.5. The van der Waals surface area contributed by atoms with E-state index in [-0.39, 0.29) is 21.1 Å². The molecule has 0 fully saturated rings. The van der Waals surface area contributed by atoms with Crippen LogP contribution in [0.4, 0.5) is 15.8 Å². The molecule has 1 amide bonds. The number of rotatable bonds is 6. The van der Waals surface area contributed by atoms with Crippen molar-refractivity contribution in [2.24, 2.45) is 0 Å². The summed E-state index contributed by atoms with van der Waals surface area (Å²) in [6.07, 6.45) is 3.12. The Labute approximate surface area is 182 Å². The van der Waals surface area contributed by atoms with Crippen molar-refractivity contribution >= 4 is 38.6 Å². The summed E-state index contributed by atoms with van der Waals surface area (Å²) in [6, 6.07) is 14.0. The number of halogens is 1. The van der Waals surface area contributed by atoms with E-state index >= 15 is 0 Å². The smallest absolute Gasteiger partial charge is 0.267 e. The van der Waals surface area contributed by atoms with Crippen molar-refractivity contribution in [2.75, 3.05) is 10.0 Å². The van der Waals surface area contributed by atoms with E-state index in [1.54, 1.807) is 36.5 Å². The molecule has 0 radical (unpaired) electrons. The maximum absolute atomic E-state index is 14.4. The van der Waals surface area contributed by atoms with Crippen LogP contribution in [-0.2, 0) is 10.0 Å². The first kappa shape index (κ1) is 20.8. The molecule has 0 aliphatic carbocycles. The van der Waals surface area contributed by atoms with Gasteiger partial charge in [-0.15, -0.1) is 11.3 Å². The van der Waals surface area contributed by atoms with Crippen molar-refractivity contribution in [1.82, 2.24) is 9.78 Å². The van der Waals surface area contributed by atoms with E-state index in [2.05, 4.69) is 15.1 Å². The molecule has 0 bridgehead atoms. The molecule has 0 atom stereocenters. The number of nitrogens with zero attached hydrogens (tertiary/aromatic N) is 2. The number of carbonyl (C=O) groups is 1. The van der Waals surface area contributed by atoms with Gasteiger partial charge in [0.15, 0.2) is 5.82 Å². The van der Waals surface area contributed by atoms with E-state index in [4.69, 9.17) is 0 Å². The van der Waals surface area contributed by atoms with E-state index in [9.17, 15) is 17.6 Å². The fraction of sp³-hybridized carbons (Fsp3) is 0.0476. The molecule has 4 rings (SSSR count). The third-order valence-electron chi connectivity index (χ3n) is 4.39. The van der Waals surface area contributed by atoms with Crippen LogP contribution in [0.25, 0.3) is 5.69 Å². The molecule has 2 N–H and O–H groups in total. The molecule has 2 heterocycles. The van der Waals surface area contributed by atoms with Gasteiger partial charge >= 0.3 is 0 Å². The second-order valence-corrected chi connectivity index (χ2v) is 9.22. The highest BCUT2D eigenvalue weighted by molar-refractivity contribution is 7.93. The molecule has 0 aliphatic rings. The molecule has 0 aliphatic heterocycles. The van der Waals surface area contributed by atoms with Gasteiger partial charge in [0.25, 0.3) is 15.9 Å². The molecule has 31 heavy (non-hydrogen) atoms. The maximum Gasteiger partial charge on any atom is 0.267 e. The van der Waals surface area contributed by atoms with E-state index in [0.29, 0.717) is 5.69 Å². The number of sulfonamides is 1. The second kappa shape index (κ2) is 8.32. The number of hydrogen-bond donors (Lipinski definition) is 2. The molecular formula is C21H17FN4O3S2. The Bertz CT molecular complexity index is 1330. The third-order valence-corrected chi connectivity index (χ3v) is 6.85. The molecule has 0 saturated heterocycles. The van der Waals surface area contributed by atoms with Crippen molar-refractivity contribution in [3.63, 3.8) is 0 Å². The van der Waals surface area contributed by atoms with Crippen molar-refractivity contribution < 1.29 is 17.6 Å². The van der Waals surface area contributed by atoms with Crippen LogP contribution in [0.2, 0.25) is 0 Å². The minimum atomic E-state index is -3.98. The van der Waals surface area contributed by atoms with Gasteiger partial charge < -0.3 is 5.32 Å². The van der Waals surface area contributed by atoms with Crippen LogP contribution in [-0.4, -0.2) is 24.1 Å². The number of aromatic nitrogens is 2. The molecule has 10 heteroatoms. The van der Waals surface area contributed by atoms with Gasteiger partial charge in [0.05, 0.1) is 0 Å².